The summed E-state index contributed by atoms with van der Waals surface area (Å²) in [5.41, 5.74) is 1.94. The van der Waals surface area contributed by atoms with Gasteiger partial charge >= 0.3 is 0 Å². The van der Waals surface area contributed by atoms with Gasteiger partial charge in [0.1, 0.15) is 10.9 Å². The number of nitrogens with zero attached hydrogens (tertiary/aromatic N) is 2. The second-order valence-electron chi connectivity index (χ2n) is 4.16. The molecule has 0 saturated carbocycles. The van der Waals surface area contributed by atoms with E-state index < -0.39 is 0 Å². The van der Waals surface area contributed by atoms with Crippen molar-refractivity contribution in [2.24, 2.45) is 0 Å². The molecule has 2 heterocycles. The molecular weight excluding hydrogens is 280 g/mol. The van der Waals surface area contributed by atoms with E-state index in [-0.39, 0.29) is 0 Å². The molecule has 96 valence electrons. The van der Waals surface area contributed by atoms with Gasteiger partial charge in [-0.1, -0.05) is 23.7 Å². The van der Waals surface area contributed by atoms with E-state index in [2.05, 4.69) is 9.97 Å². The van der Waals surface area contributed by atoms with Crippen molar-refractivity contribution in [1.82, 2.24) is 9.97 Å². The van der Waals surface area contributed by atoms with Gasteiger partial charge in [0.15, 0.2) is 5.82 Å². The number of hydrogen-bond acceptors (Lipinski definition) is 4. The quantitative estimate of drug-likeness (QED) is 0.659. The van der Waals surface area contributed by atoms with Crippen molar-refractivity contribution in [3.05, 3.63) is 40.4 Å². The van der Waals surface area contributed by atoms with Crippen LogP contribution in [0.3, 0.4) is 0 Å². The van der Waals surface area contributed by atoms with Crippen LogP contribution in [-0.4, -0.2) is 17.1 Å². The van der Waals surface area contributed by atoms with E-state index >= 15 is 0 Å². The maximum atomic E-state index is 6.28. The Morgan fingerprint density at radius 1 is 1.26 bits per heavy atom. The van der Waals surface area contributed by atoms with Crippen LogP contribution in [-0.2, 0) is 0 Å². The summed E-state index contributed by atoms with van der Waals surface area (Å²) in [4.78, 5) is 9.91. The lowest BCUT2D eigenvalue weighted by molar-refractivity contribution is 0.417. The summed E-state index contributed by atoms with van der Waals surface area (Å²) in [5, 5.41) is 3.33. The van der Waals surface area contributed by atoms with Crippen LogP contribution in [0.5, 0.6) is 5.75 Å². The summed E-state index contributed by atoms with van der Waals surface area (Å²) in [7, 11) is 1.64. The summed E-state index contributed by atoms with van der Waals surface area (Å²) in [6.45, 7) is 2.01. The first-order chi connectivity index (χ1) is 9.19. The molecule has 19 heavy (non-hydrogen) atoms. The lowest BCUT2D eigenvalue weighted by atomic mass is 10.1. The van der Waals surface area contributed by atoms with Crippen LogP contribution >= 0.6 is 22.9 Å². The van der Waals surface area contributed by atoms with Crippen molar-refractivity contribution in [3.63, 3.8) is 0 Å². The zero-order valence-corrected chi connectivity index (χ0v) is 12.0. The molecule has 0 aliphatic carbocycles. The third-order valence-corrected chi connectivity index (χ3v) is 4.10. The second kappa shape index (κ2) is 4.79. The van der Waals surface area contributed by atoms with Gasteiger partial charge in [-0.15, -0.1) is 11.3 Å². The summed E-state index contributed by atoms with van der Waals surface area (Å²) < 4.78 is 5.18. The number of thiophene rings is 1. The summed E-state index contributed by atoms with van der Waals surface area (Å²) in [6.07, 6.45) is 0. The largest absolute Gasteiger partial charge is 0.496 e. The van der Waals surface area contributed by atoms with Crippen LogP contribution in [0, 0.1) is 6.92 Å². The maximum Gasteiger partial charge on any atom is 0.171 e. The summed E-state index contributed by atoms with van der Waals surface area (Å²) >= 11 is 7.82. The van der Waals surface area contributed by atoms with Crippen LogP contribution in [0.2, 0.25) is 5.15 Å². The molecule has 0 aliphatic rings. The number of halogens is 1. The van der Waals surface area contributed by atoms with Crippen molar-refractivity contribution in [2.45, 2.75) is 6.92 Å². The van der Waals surface area contributed by atoms with Crippen molar-refractivity contribution < 1.29 is 4.74 Å². The van der Waals surface area contributed by atoms with Gasteiger partial charge in [-0.25, -0.2) is 9.97 Å². The molecular formula is C14H11ClN2OS. The smallest absolute Gasteiger partial charge is 0.171 e. The Bertz CT molecular complexity index is 754. The zero-order valence-electron chi connectivity index (χ0n) is 10.5. The van der Waals surface area contributed by atoms with Gasteiger partial charge in [-0.2, -0.15) is 0 Å². The highest BCUT2D eigenvalue weighted by Gasteiger charge is 2.11. The molecule has 2 aromatic heterocycles. The minimum absolute atomic E-state index is 0.491. The first kappa shape index (κ1) is 12.4. The predicted octanol–water partition coefficient (Wildman–Crippen LogP) is 4.33. The van der Waals surface area contributed by atoms with Gasteiger partial charge in [-0.3, -0.25) is 0 Å². The number of aryl methyl sites for hydroxylation is 1. The minimum atomic E-state index is 0.491. The van der Waals surface area contributed by atoms with Crippen LogP contribution in [0.1, 0.15) is 5.56 Å². The number of rotatable bonds is 2. The summed E-state index contributed by atoms with van der Waals surface area (Å²) in [5.74, 6) is 1.44. The van der Waals surface area contributed by atoms with Crippen molar-refractivity contribution in [3.8, 4) is 16.5 Å². The molecule has 0 N–H and O–H groups in total. The third kappa shape index (κ3) is 2.17. The van der Waals surface area contributed by atoms with Gasteiger partial charge in [0.25, 0.3) is 0 Å². The Labute approximate surface area is 119 Å². The fourth-order valence-electron chi connectivity index (χ4n) is 1.96. The van der Waals surface area contributed by atoms with Gasteiger partial charge in [-0.05, 0) is 18.6 Å². The van der Waals surface area contributed by atoms with Gasteiger partial charge in [0.2, 0.25) is 0 Å². The topological polar surface area (TPSA) is 35.0 Å². The molecule has 0 spiro atoms. The van der Waals surface area contributed by atoms with Crippen LogP contribution in [0.4, 0.5) is 0 Å². The standard InChI is InChI=1S/C14H11ClN2OS/c1-8-4-3-5-10-12(8)13(15)17-14(16-10)11-6-9(18-2)7-19-11/h3-7H,1-2H3. The first-order valence-corrected chi connectivity index (χ1v) is 7.00. The van der Waals surface area contributed by atoms with Crippen LogP contribution < -0.4 is 4.74 Å². The molecule has 1 aromatic carbocycles. The van der Waals surface area contributed by atoms with Crippen molar-refractivity contribution >= 4 is 33.8 Å². The van der Waals surface area contributed by atoms with E-state index in [0.717, 1.165) is 27.1 Å². The van der Waals surface area contributed by atoms with E-state index in [1.54, 1.807) is 18.4 Å². The Balaban J connectivity index is 2.21. The fourth-order valence-corrected chi connectivity index (χ4v) is 3.07. The van der Waals surface area contributed by atoms with Gasteiger partial charge in [0, 0.05) is 16.8 Å². The molecule has 0 aliphatic heterocycles. The molecule has 0 atom stereocenters. The Kier molecular flexibility index (Phi) is 3.12. The van der Waals surface area contributed by atoms with Gasteiger partial charge in [0.05, 0.1) is 17.5 Å². The van der Waals surface area contributed by atoms with E-state index in [4.69, 9.17) is 16.3 Å². The van der Waals surface area contributed by atoms with Crippen LogP contribution in [0.25, 0.3) is 21.6 Å². The number of methoxy groups -OCH3 is 1. The highest BCUT2D eigenvalue weighted by atomic mass is 35.5. The molecule has 0 saturated heterocycles. The fraction of sp³-hybridized carbons (Fsp3) is 0.143. The van der Waals surface area contributed by atoms with Crippen molar-refractivity contribution in [2.75, 3.05) is 7.11 Å². The zero-order chi connectivity index (χ0) is 13.4. The number of ether oxygens (including phenoxy) is 1. The average molecular weight is 291 g/mol. The van der Waals surface area contributed by atoms with E-state index in [1.807, 2.05) is 36.6 Å². The lowest BCUT2D eigenvalue weighted by Crippen LogP contribution is -1.91. The van der Waals surface area contributed by atoms with Crippen molar-refractivity contribution in [1.29, 1.82) is 0 Å². The predicted molar refractivity (Wildman–Crippen MR) is 79.2 cm³/mol. The minimum Gasteiger partial charge on any atom is -0.496 e. The maximum absolute atomic E-state index is 6.28. The summed E-state index contributed by atoms with van der Waals surface area (Å²) in [6, 6.07) is 7.84. The number of aromatic nitrogens is 2. The molecule has 3 rings (SSSR count). The SMILES string of the molecule is COc1csc(-c2nc(Cl)c3c(C)cccc3n2)c1. The monoisotopic (exact) mass is 290 g/mol. The molecule has 0 amide bonds. The molecule has 0 bridgehead atoms. The lowest BCUT2D eigenvalue weighted by Gasteiger charge is -2.05. The number of fused-ring (bicyclic) bond motifs is 1. The number of benzene rings is 1. The Morgan fingerprint density at radius 2 is 2.11 bits per heavy atom. The van der Waals surface area contributed by atoms with Gasteiger partial charge < -0.3 is 4.74 Å². The number of hydrogen-bond donors (Lipinski definition) is 0. The molecule has 3 aromatic rings. The molecule has 0 radical (unpaired) electrons. The molecule has 0 unspecified atom stereocenters. The van der Waals surface area contributed by atoms with E-state index in [9.17, 15) is 0 Å². The van der Waals surface area contributed by atoms with Crippen LogP contribution in [0.15, 0.2) is 29.6 Å². The molecule has 5 heteroatoms. The average Bonchev–Trinajstić information content (AvgIpc) is 2.87. The Morgan fingerprint density at radius 3 is 2.84 bits per heavy atom. The molecule has 3 nitrogen and oxygen atoms in total. The molecule has 0 fully saturated rings. The highest BCUT2D eigenvalue weighted by molar-refractivity contribution is 7.13. The first-order valence-electron chi connectivity index (χ1n) is 5.75. The van der Waals surface area contributed by atoms with E-state index in [1.165, 1.54) is 0 Å². The second-order valence-corrected chi connectivity index (χ2v) is 5.43. The normalized spacial score (nSPS) is 10.9. The highest BCUT2D eigenvalue weighted by Crippen LogP contribution is 2.32. The third-order valence-electron chi connectivity index (χ3n) is 2.92. The Hall–Kier alpha value is -1.65. The van der Waals surface area contributed by atoms with E-state index in [0.29, 0.717) is 11.0 Å².